The van der Waals surface area contributed by atoms with Crippen LogP contribution in [0.4, 0.5) is 0 Å². The molecule has 0 radical (unpaired) electrons. The Kier molecular flexibility index (Phi) is 5.71. The molecule has 0 bridgehead atoms. The van der Waals surface area contributed by atoms with E-state index in [1.165, 1.54) is 19.3 Å². The molecule has 6 nitrogen and oxygen atoms in total. The van der Waals surface area contributed by atoms with Gasteiger partial charge in [0, 0.05) is 29.2 Å². The third kappa shape index (κ3) is 4.59. The highest BCUT2D eigenvalue weighted by atomic mass is 16.5. The first kappa shape index (κ1) is 20.2. The van der Waals surface area contributed by atoms with Gasteiger partial charge in [-0.25, -0.2) is 9.59 Å². The number of carbonyl (C=O) groups excluding carboxylic acids is 1. The summed E-state index contributed by atoms with van der Waals surface area (Å²) in [6.45, 7) is -0.0465. The second-order valence-corrected chi connectivity index (χ2v) is 6.87. The van der Waals surface area contributed by atoms with Crippen LogP contribution in [-0.2, 0) is 16.1 Å². The number of benzene rings is 3. The summed E-state index contributed by atoms with van der Waals surface area (Å²) in [6.07, 6.45) is 3.05. The molecule has 0 saturated carbocycles. The minimum atomic E-state index is -0.518. The summed E-state index contributed by atoms with van der Waals surface area (Å²) in [4.78, 5) is 24.0. The molecule has 0 spiro atoms. The summed E-state index contributed by atoms with van der Waals surface area (Å²) in [5, 5.41) is 2.77. The normalized spacial score (nSPS) is 11.2. The van der Waals surface area contributed by atoms with Gasteiger partial charge in [0.25, 0.3) is 0 Å². The number of hydrogen-bond acceptors (Lipinski definition) is 6. The van der Waals surface area contributed by atoms with Crippen LogP contribution < -0.4 is 15.1 Å². The van der Waals surface area contributed by atoms with Gasteiger partial charge in [-0.15, -0.1) is 0 Å². The van der Waals surface area contributed by atoms with E-state index in [2.05, 4.69) is 0 Å². The van der Waals surface area contributed by atoms with Crippen molar-refractivity contribution in [2.24, 2.45) is 0 Å². The molecule has 0 N–H and O–H groups in total. The van der Waals surface area contributed by atoms with Crippen LogP contribution in [0.5, 0.6) is 11.5 Å². The average Bonchev–Trinajstić information content (AvgIpc) is 2.80. The molecule has 6 heteroatoms. The zero-order valence-corrected chi connectivity index (χ0v) is 17.1. The van der Waals surface area contributed by atoms with E-state index < -0.39 is 11.6 Å². The van der Waals surface area contributed by atoms with Crippen molar-refractivity contribution in [2.45, 2.75) is 6.61 Å². The van der Waals surface area contributed by atoms with E-state index in [4.69, 9.17) is 18.6 Å². The first-order valence-corrected chi connectivity index (χ1v) is 9.59. The first-order chi connectivity index (χ1) is 15.1. The van der Waals surface area contributed by atoms with Gasteiger partial charge in [-0.05, 0) is 52.7 Å². The lowest BCUT2D eigenvalue weighted by Crippen LogP contribution is -2.05. The molecule has 3 aromatic carbocycles. The van der Waals surface area contributed by atoms with Crippen molar-refractivity contribution >= 4 is 33.8 Å². The van der Waals surface area contributed by atoms with Crippen LogP contribution >= 0.6 is 0 Å². The largest absolute Gasteiger partial charge is 0.497 e. The van der Waals surface area contributed by atoms with Gasteiger partial charge in [0.05, 0.1) is 14.2 Å². The van der Waals surface area contributed by atoms with Crippen LogP contribution in [0.1, 0.15) is 11.1 Å². The highest BCUT2D eigenvalue weighted by Gasteiger charge is 2.09. The second-order valence-electron chi connectivity index (χ2n) is 6.87. The molecule has 0 atom stereocenters. The summed E-state index contributed by atoms with van der Waals surface area (Å²) in [7, 11) is 3.16. The molecule has 0 unspecified atom stereocenters. The molecule has 31 heavy (non-hydrogen) atoms. The highest BCUT2D eigenvalue weighted by molar-refractivity contribution is 5.90. The second kappa shape index (κ2) is 8.75. The van der Waals surface area contributed by atoms with Gasteiger partial charge in [0.15, 0.2) is 0 Å². The Labute approximate surface area is 178 Å². The van der Waals surface area contributed by atoms with Gasteiger partial charge < -0.3 is 18.6 Å². The molecule has 0 aliphatic carbocycles. The Morgan fingerprint density at radius 1 is 0.903 bits per heavy atom. The lowest BCUT2D eigenvalue weighted by Gasteiger charge is -2.07. The Morgan fingerprint density at radius 3 is 2.42 bits per heavy atom. The van der Waals surface area contributed by atoms with E-state index in [9.17, 15) is 9.59 Å². The predicted molar refractivity (Wildman–Crippen MR) is 118 cm³/mol. The maximum Gasteiger partial charge on any atom is 0.336 e. The molecule has 0 saturated heterocycles. The summed E-state index contributed by atoms with van der Waals surface area (Å²) in [5.74, 6) is 0.853. The van der Waals surface area contributed by atoms with Crippen molar-refractivity contribution in [2.75, 3.05) is 14.2 Å². The number of esters is 1. The molecule has 4 rings (SSSR count). The van der Waals surface area contributed by atoms with Crippen LogP contribution in [0.2, 0.25) is 0 Å². The third-order valence-corrected chi connectivity index (χ3v) is 4.89. The van der Waals surface area contributed by atoms with Crippen LogP contribution in [-0.4, -0.2) is 20.2 Å². The van der Waals surface area contributed by atoms with Crippen molar-refractivity contribution in [3.8, 4) is 11.5 Å². The predicted octanol–water partition coefficient (Wildman–Crippen LogP) is 4.72. The van der Waals surface area contributed by atoms with E-state index in [-0.39, 0.29) is 6.61 Å². The fourth-order valence-electron chi connectivity index (χ4n) is 3.29. The van der Waals surface area contributed by atoms with Crippen molar-refractivity contribution in [1.82, 2.24) is 0 Å². The Bertz CT molecular complexity index is 1350. The average molecular weight is 416 g/mol. The van der Waals surface area contributed by atoms with E-state index in [1.807, 2.05) is 36.4 Å². The van der Waals surface area contributed by atoms with Crippen molar-refractivity contribution < 1.29 is 23.4 Å². The monoisotopic (exact) mass is 416 g/mol. The summed E-state index contributed by atoms with van der Waals surface area (Å²) < 4.78 is 20.9. The molecular formula is C25H20O6. The minimum Gasteiger partial charge on any atom is -0.497 e. The van der Waals surface area contributed by atoms with Gasteiger partial charge in [-0.1, -0.05) is 18.2 Å². The number of rotatable bonds is 6. The smallest absolute Gasteiger partial charge is 0.336 e. The molecule has 0 amide bonds. The number of carbonyl (C=O) groups is 1. The van der Waals surface area contributed by atoms with Crippen molar-refractivity contribution in [3.63, 3.8) is 0 Å². The van der Waals surface area contributed by atoms with Crippen LogP contribution in [0.25, 0.3) is 27.8 Å². The number of hydrogen-bond donors (Lipinski definition) is 0. The fourth-order valence-corrected chi connectivity index (χ4v) is 3.29. The topological polar surface area (TPSA) is 75.0 Å². The third-order valence-electron chi connectivity index (χ3n) is 4.89. The zero-order valence-electron chi connectivity index (χ0n) is 17.1. The quantitative estimate of drug-likeness (QED) is 0.257. The van der Waals surface area contributed by atoms with Gasteiger partial charge in [0.1, 0.15) is 23.7 Å². The molecule has 156 valence electrons. The molecule has 0 aliphatic rings. The maximum atomic E-state index is 12.2. The highest BCUT2D eigenvalue weighted by Crippen LogP contribution is 2.24. The van der Waals surface area contributed by atoms with Crippen molar-refractivity contribution in [3.05, 3.63) is 88.3 Å². The van der Waals surface area contributed by atoms with Gasteiger partial charge >= 0.3 is 11.6 Å². The van der Waals surface area contributed by atoms with Gasteiger partial charge in [-0.2, -0.15) is 0 Å². The first-order valence-electron chi connectivity index (χ1n) is 9.59. The SMILES string of the molecule is COc1ccc2cc(/C=C/C(=O)OCc3cc(=O)oc4cc(OC)ccc34)ccc2c1. The fraction of sp³-hybridized carbons (Fsp3) is 0.120. The van der Waals surface area contributed by atoms with E-state index in [0.717, 1.165) is 22.1 Å². The molecule has 1 aromatic heterocycles. The number of methoxy groups -OCH3 is 2. The molecule has 1 heterocycles. The molecule has 0 aliphatic heterocycles. The molecule has 0 fully saturated rings. The van der Waals surface area contributed by atoms with E-state index >= 15 is 0 Å². The summed E-state index contributed by atoms with van der Waals surface area (Å²) in [5.41, 5.74) is 1.29. The van der Waals surface area contributed by atoms with Gasteiger partial charge in [0.2, 0.25) is 0 Å². The Morgan fingerprint density at radius 2 is 1.61 bits per heavy atom. The summed E-state index contributed by atoms with van der Waals surface area (Å²) in [6, 6.07) is 18.1. The molecule has 4 aromatic rings. The number of ether oxygens (including phenoxy) is 3. The van der Waals surface area contributed by atoms with E-state index in [0.29, 0.717) is 22.3 Å². The van der Waals surface area contributed by atoms with Gasteiger partial charge in [-0.3, -0.25) is 0 Å². The zero-order chi connectivity index (χ0) is 21.8. The molecular weight excluding hydrogens is 396 g/mol. The van der Waals surface area contributed by atoms with Crippen LogP contribution in [0, 0.1) is 0 Å². The Hall–Kier alpha value is -4.06. The van der Waals surface area contributed by atoms with Crippen molar-refractivity contribution in [1.29, 1.82) is 0 Å². The minimum absolute atomic E-state index is 0.0465. The Balaban J connectivity index is 1.47. The van der Waals surface area contributed by atoms with Crippen LogP contribution in [0.15, 0.2) is 76.0 Å². The lowest BCUT2D eigenvalue weighted by molar-refractivity contribution is -0.138. The maximum absolute atomic E-state index is 12.2. The summed E-state index contributed by atoms with van der Waals surface area (Å²) >= 11 is 0. The number of fused-ring (bicyclic) bond motifs is 2. The van der Waals surface area contributed by atoms with Crippen LogP contribution in [0.3, 0.4) is 0 Å². The lowest BCUT2D eigenvalue weighted by atomic mass is 10.1. The van der Waals surface area contributed by atoms with E-state index in [1.54, 1.807) is 31.4 Å². The standard InChI is InChI=1S/C25H20O6/c1-28-20-7-6-17-11-16(3-5-18(17)12-20)4-10-24(26)30-15-19-13-25(27)31-23-14-21(29-2)8-9-22(19)23/h3-14H,15H2,1-2H3/b10-4+.